The number of aromatic nitrogens is 2. The van der Waals surface area contributed by atoms with E-state index in [-0.39, 0.29) is 11.5 Å². The number of nitrogens with zero attached hydrogens (tertiary/aromatic N) is 3. The number of halogens is 2. The first-order valence-electron chi connectivity index (χ1n) is 10.9. The van der Waals surface area contributed by atoms with E-state index in [2.05, 4.69) is 0 Å². The van der Waals surface area contributed by atoms with Gasteiger partial charge in [-0.15, -0.1) is 0 Å². The number of carbonyl (C=O) groups is 1. The first-order valence-corrected chi connectivity index (χ1v) is 12.3. The molecule has 0 saturated carbocycles. The highest BCUT2D eigenvalue weighted by Gasteiger charge is 2.18. The summed E-state index contributed by atoms with van der Waals surface area (Å²) in [6.45, 7) is 5.02. The van der Waals surface area contributed by atoms with Crippen LogP contribution in [0.15, 0.2) is 76.7 Å². The van der Waals surface area contributed by atoms with Gasteiger partial charge in [-0.25, -0.2) is 9.37 Å². The third kappa shape index (κ3) is 4.86. The van der Waals surface area contributed by atoms with E-state index >= 15 is 0 Å². The molecule has 8 heteroatoms. The van der Waals surface area contributed by atoms with Crippen LogP contribution in [0.5, 0.6) is 0 Å². The number of benzene rings is 3. The van der Waals surface area contributed by atoms with E-state index < -0.39 is 5.82 Å². The second-order valence-corrected chi connectivity index (χ2v) is 8.95. The van der Waals surface area contributed by atoms with Crippen molar-refractivity contribution in [3.05, 3.63) is 99.1 Å². The molecule has 1 amide bonds. The van der Waals surface area contributed by atoms with E-state index in [1.165, 1.54) is 28.5 Å². The molecule has 0 aliphatic carbocycles. The first-order chi connectivity index (χ1) is 16.4. The smallest absolute Gasteiger partial charge is 0.266 e. The number of amides is 1. The van der Waals surface area contributed by atoms with Gasteiger partial charge in [-0.2, -0.15) is 0 Å². The zero-order valence-corrected chi connectivity index (χ0v) is 20.4. The summed E-state index contributed by atoms with van der Waals surface area (Å²) in [6, 6.07) is 18.1. The topological polar surface area (TPSA) is 55.2 Å². The summed E-state index contributed by atoms with van der Waals surface area (Å²) >= 11 is 7.67. The van der Waals surface area contributed by atoms with Gasteiger partial charge in [0.05, 0.1) is 16.6 Å². The van der Waals surface area contributed by atoms with Crippen molar-refractivity contribution in [2.75, 3.05) is 13.1 Å². The lowest BCUT2D eigenvalue weighted by Gasteiger charge is -2.19. The Labute approximate surface area is 206 Å². The van der Waals surface area contributed by atoms with Crippen LogP contribution in [0.25, 0.3) is 16.6 Å². The summed E-state index contributed by atoms with van der Waals surface area (Å²) in [4.78, 5) is 32.9. The second-order valence-electron chi connectivity index (χ2n) is 7.60. The number of rotatable bonds is 7. The lowest BCUT2D eigenvalue weighted by atomic mass is 10.1. The maximum Gasteiger partial charge on any atom is 0.266 e. The van der Waals surface area contributed by atoms with Gasteiger partial charge in [-0.3, -0.25) is 14.2 Å². The maximum absolute atomic E-state index is 13.6. The van der Waals surface area contributed by atoms with Crippen LogP contribution in [-0.2, 0) is 5.75 Å². The summed E-state index contributed by atoms with van der Waals surface area (Å²) < 4.78 is 15.0. The van der Waals surface area contributed by atoms with Gasteiger partial charge in [0.25, 0.3) is 11.5 Å². The Hall–Kier alpha value is -3.16. The molecule has 1 heterocycles. The molecule has 4 rings (SSSR count). The second kappa shape index (κ2) is 10.4. The number of carbonyl (C=O) groups excluding carboxylic acids is 1. The molecule has 174 valence electrons. The zero-order chi connectivity index (χ0) is 24.2. The molecular formula is C26H23ClFN3O2S. The highest BCUT2D eigenvalue weighted by Crippen LogP contribution is 2.28. The van der Waals surface area contributed by atoms with Gasteiger partial charge >= 0.3 is 0 Å². The fourth-order valence-corrected chi connectivity index (χ4v) is 4.96. The van der Waals surface area contributed by atoms with Gasteiger partial charge in [-0.05, 0) is 67.9 Å². The van der Waals surface area contributed by atoms with E-state index in [0.29, 0.717) is 51.2 Å². The third-order valence-electron chi connectivity index (χ3n) is 5.54. The largest absolute Gasteiger partial charge is 0.339 e. The molecule has 0 aliphatic heterocycles. The minimum Gasteiger partial charge on any atom is -0.339 e. The van der Waals surface area contributed by atoms with Crippen LogP contribution >= 0.6 is 23.4 Å². The van der Waals surface area contributed by atoms with Gasteiger partial charge in [0.1, 0.15) is 5.82 Å². The quantitative estimate of drug-likeness (QED) is 0.235. The van der Waals surface area contributed by atoms with Crippen molar-refractivity contribution in [2.24, 2.45) is 0 Å². The van der Waals surface area contributed by atoms with Crippen LogP contribution in [0.4, 0.5) is 4.39 Å². The van der Waals surface area contributed by atoms with Crippen molar-refractivity contribution in [2.45, 2.75) is 24.8 Å². The van der Waals surface area contributed by atoms with Crippen LogP contribution in [0.1, 0.15) is 29.8 Å². The number of hydrogen-bond donors (Lipinski definition) is 0. The summed E-state index contributed by atoms with van der Waals surface area (Å²) in [5, 5.41) is 1.43. The number of thioether (sulfide) groups is 1. The van der Waals surface area contributed by atoms with E-state index in [4.69, 9.17) is 16.6 Å². The van der Waals surface area contributed by atoms with E-state index in [0.717, 1.165) is 5.56 Å². The minimum atomic E-state index is -0.393. The predicted octanol–water partition coefficient (Wildman–Crippen LogP) is 5.95. The molecule has 5 nitrogen and oxygen atoms in total. The molecule has 0 radical (unpaired) electrons. The number of fused-ring (bicyclic) bond motifs is 1. The molecule has 0 aliphatic rings. The molecular weight excluding hydrogens is 473 g/mol. The molecule has 1 aromatic heterocycles. The fourth-order valence-electron chi connectivity index (χ4n) is 3.66. The van der Waals surface area contributed by atoms with Crippen molar-refractivity contribution < 1.29 is 9.18 Å². The standard InChI is InChI=1S/C26H23ClFN3O2S/c1-3-30(4-2)24(32)17-9-14-21-23(15-17)29-26(34-16-18-7-5-6-8-22(18)27)31(25(21)33)20-12-10-19(28)11-13-20/h5-15H,3-4,16H2,1-2H3. The van der Waals surface area contributed by atoms with Gasteiger partial charge in [-0.1, -0.05) is 41.6 Å². The van der Waals surface area contributed by atoms with Crippen molar-refractivity contribution in [3.63, 3.8) is 0 Å². The summed E-state index contributed by atoms with van der Waals surface area (Å²) in [5.41, 5.74) is 2.03. The van der Waals surface area contributed by atoms with Gasteiger partial charge in [0, 0.05) is 29.4 Å². The average molecular weight is 496 g/mol. The molecule has 0 spiro atoms. The molecule has 0 saturated heterocycles. The Kier molecular flexibility index (Phi) is 7.34. The van der Waals surface area contributed by atoms with E-state index in [1.54, 1.807) is 35.2 Å². The monoisotopic (exact) mass is 495 g/mol. The van der Waals surface area contributed by atoms with E-state index in [9.17, 15) is 14.0 Å². The molecule has 0 N–H and O–H groups in total. The minimum absolute atomic E-state index is 0.110. The molecule has 0 bridgehead atoms. The van der Waals surface area contributed by atoms with Crippen molar-refractivity contribution >= 4 is 40.2 Å². The highest BCUT2D eigenvalue weighted by molar-refractivity contribution is 7.98. The first kappa shape index (κ1) is 24.0. The Morgan fingerprint density at radius 2 is 1.76 bits per heavy atom. The molecule has 0 atom stereocenters. The molecule has 3 aromatic carbocycles. The Morgan fingerprint density at radius 3 is 2.44 bits per heavy atom. The van der Waals surface area contributed by atoms with Crippen LogP contribution < -0.4 is 5.56 Å². The summed E-state index contributed by atoms with van der Waals surface area (Å²) in [7, 11) is 0. The Morgan fingerprint density at radius 1 is 1.06 bits per heavy atom. The lowest BCUT2D eigenvalue weighted by Crippen LogP contribution is -2.30. The molecule has 0 fully saturated rings. The third-order valence-corrected chi connectivity index (χ3v) is 6.89. The van der Waals surface area contributed by atoms with Gasteiger partial charge in [0.15, 0.2) is 5.16 Å². The predicted molar refractivity (Wildman–Crippen MR) is 136 cm³/mol. The van der Waals surface area contributed by atoms with Crippen molar-refractivity contribution in [1.29, 1.82) is 0 Å². The van der Waals surface area contributed by atoms with Crippen molar-refractivity contribution in [1.82, 2.24) is 14.5 Å². The van der Waals surface area contributed by atoms with Crippen LogP contribution in [0.3, 0.4) is 0 Å². The van der Waals surface area contributed by atoms with Gasteiger partial charge in [0.2, 0.25) is 0 Å². The summed E-state index contributed by atoms with van der Waals surface area (Å²) in [5.74, 6) is -0.0197. The van der Waals surface area contributed by atoms with Crippen LogP contribution in [0.2, 0.25) is 5.02 Å². The zero-order valence-electron chi connectivity index (χ0n) is 18.8. The number of hydrogen-bond acceptors (Lipinski definition) is 4. The molecule has 34 heavy (non-hydrogen) atoms. The highest BCUT2D eigenvalue weighted by atomic mass is 35.5. The molecule has 0 unspecified atom stereocenters. The van der Waals surface area contributed by atoms with Crippen LogP contribution in [0, 0.1) is 5.82 Å². The van der Waals surface area contributed by atoms with Crippen LogP contribution in [-0.4, -0.2) is 33.4 Å². The Balaban J connectivity index is 1.85. The summed E-state index contributed by atoms with van der Waals surface area (Å²) in [6.07, 6.45) is 0. The van der Waals surface area contributed by atoms with E-state index in [1.807, 2.05) is 38.1 Å². The normalized spacial score (nSPS) is 11.1. The lowest BCUT2D eigenvalue weighted by molar-refractivity contribution is 0.0773. The maximum atomic E-state index is 13.6. The average Bonchev–Trinajstić information content (AvgIpc) is 2.85. The van der Waals surface area contributed by atoms with Crippen molar-refractivity contribution in [3.8, 4) is 5.69 Å². The molecule has 4 aromatic rings. The van der Waals surface area contributed by atoms with Gasteiger partial charge < -0.3 is 4.90 Å². The fraction of sp³-hybridized carbons (Fsp3) is 0.192. The Bertz CT molecular complexity index is 1400. The SMILES string of the molecule is CCN(CC)C(=O)c1ccc2c(=O)n(-c3ccc(F)cc3)c(SCc3ccccc3Cl)nc2c1.